The van der Waals surface area contributed by atoms with Gasteiger partial charge in [-0.25, -0.2) is 0 Å². The van der Waals surface area contributed by atoms with E-state index in [9.17, 15) is 0 Å². The summed E-state index contributed by atoms with van der Waals surface area (Å²) in [4.78, 5) is 2.51. The van der Waals surface area contributed by atoms with Crippen LogP contribution in [0.1, 0.15) is 26.2 Å². The van der Waals surface area contributed by atoms with Gasteiger partial charge in [-0.2, -0.15) is 0 Å². The summed E-state index contributed by atoms with van der Waals surface area (Å²) in [5, 5.41) is 0. The molecule has 1 saturated heterocycles. The molecule has 0 aromatic rings. The fourth-order valence-corrected chi connectivity index (χ4v) is 2.53. The van der Waals surface area contributed by atoms with Crippen LogP contribution in [-0.4, -0.2) is 37.7 Å². The van der Waals surface area contributed by atoms with Crippen molar-refractivity contribution in [3.8, 4) is 0 Å². The van der Waals surface area contributed by atoms with Crippen molar-refractivity contribution in [3.63, 3.8) is 0 Å². The second kappa shape index (κ2) is 5.65. The molecule has 2 heteroatoms. The molecule has 0 amide bonds. The smallest absolute Gasteiger partial charge is 0.0594 e. The van der Waals surface area contributed by atoms with Gasteiger partial charge in [0.2, 0.25) is 0 Å². The third kappa shape index (κ3) is 3.19. The van der Waals surface area contributed by atoms with Crippen LogP contribution in [0.5, 0.6) is 0 Å². The first-order valence-corrected chi connectivity index (χ1v) is 6.39. The van der Waals surface area contributed by atoms with Crippen LogP contribution in [0, 0.1) is 5.92 Å². The second-order valence-electron chi connectivity index (χ2n) is 5.07. The molecule has 1 aliphatic heterocycles. The highest BCUT2D eigenvalue weighted by molar-refractivity contribution is 5.13. The van der Waals surface area contributed by atoms with Crippen molar-refractivity contribution in [2.45, 2.75) is 26.2 Å². The summed E-state index contributed by atoms with van der Waals surface area (Å²) in [6.45, 7) is 11.4. The van der Waals surface area contributed by atoms with Gasteiger partial charge in [-0.1, -0.05) is 23.8 Å². The zero-order valence-corrected chi connectivity index (χ0v) is 10.4. The maximum absolute atomic E-state index is 5.36. The van der Waals surface area contributed by atoms with E-state index in [0.717, 1.165) is 38.8 Å². The summed E-state index contributed by atoms with van der Waals surface area (Å²) in [6.07, 6.45) is 6.20. The molecule has 0 saturated carbocycles. The normalized spacial score (nSPS) is 27.6. The highest BCUT2D eigenvalue weighted by Crippen LogP contribution is 2.28. The highest BCUT2D eigenvalue weighted by atomic mass is 16.5. The predicted molar refractivity (Wildman–Crippen MR) is 67.5 cm³/mol. The molecule has 1 fully saturated rings. The standard InChI is InChI=1S/C14H23NO/c1-12(2)14-5-3-13(4-6-14)11-15-7-9-16-10-8-15/h3,14H,1,4-11H2,2H3/t14-/m0/s1. The summed E-state index contributed by atoms with van der Waals surface area (Å²) in [5.74, 6) is 0.730. The Hall–Kier alpha value is -0.600. The lowest BCUT2D eigenvalue weighted by Gasteiger charge is -2.30. The van der Waals surface area contributed by atoms with Crippen LogP contribution >= 0.6 is 0 Å². The molecule has 0 N–H and O–H groups in total. The number of ether oxygens (including phenoxy) is 1. The third-order valence-electron chi connectivity index (χ3n) is 3.73. The molecule has 2 nitrogen and oxygen atoms in total. The molecule has 0 unspecified atom stereocenters. The Morgan fingerprint density at radius 2 is 2.25 bits per heavy atom. The van der Waals surface area contributed by atoms with Crippen LogP contribution in [-0.2, 0) is 4.74 Å². The van der Waals surface area contributed by atoms with Gasteiger partial charge in [-0.05, 0) is 32.1 Å². The number of hydrogen-bond donors (Lipinski definition) is 0. The van der Waals surface area contributed by atoms with Crippen LogP contribution in [0.25, 0.3) is 0 Å². The largest absolute Gasteiger partial charge is 0.379 e. The van der Waals surface area contributed by atoms with Crippen molar-refractivity contribution >= 4 is 0 Å². The fraction of sp³-hybridized carbons (Fsp3) is 0.714. The molecule has 90 valence electrons. The molecule has 0 radical (unpaired) electrons. The van der Waals surface area contributed by atoms with Gasteiger partial charge in [-0.15, -0.1) is 0 Å². The molecular weight excluding hydrogens is 198 g/mol. The van der Waals surface area contributed by atoms with Crippen LogP contribution in [0.15, 0.2) is 23.8 Å². The van der Waals surface area contributed by atoms with Gasteiger partial charge in [-0.3, -0.25) is 4.90 Å². The molecule has 16 heavy (non-hydrogen) atoms. The number of morpholine rings is 1. The van der Waals surface area contributed by atoms with Crippen LogP contribution < -0.4 is 0 Å². The average Bonchev–Trinajstić information content (AvgIpc) is 2.31. The van der Waals surface area contributed by atoms with Gasteiger partial charge < -0.3 is 4.74 Å². The van der Waals surface area contributed by atoms with Gasteiger partial charge in [0.15, 0.2) is 0 Å². The van der Waals surface area contributed by atoms with Crippen molar-refractivity contribution in [2.24, 2.45) is 5.92 Å². The topological polar surface area (TPSA) is 12.5 Å². The molecule has 0 spiro atoms. The van der Waals surface area contributed by atoms with Crippen molar-refractivity contribution in [1.29, 1.82) is 0 Å². The Balaban J connectivity index is 1.80. The van der Waals surface area contributed by atoms with E-state index in [1.807, 2.05) is 0 Å². The Kier molecular flexibility index (Phi) is 4.19. The number of rotatable bonds is 3. The Morgan fingerprint density at radius 3 is 2.81 bits per heavy atom. The quantitative estimate of drug-likeness (QED) is 0.679. The molecule has 2 rings (SSSR count). The van der Waals surface area contributed by atoms with E-state index in [0.29, 0.717) is 0 Å². The van der Waals surface area contributed by atoms with E-state index in [2.05, 4.69) is 24.5 Å². The lowest BCUT2D eigenvalue weighted by Crippen LogP contribution is -2.37. The van der Waals surface area contributed by atoms with E-state index in [1.54, 1.807) is 5.57 Å². The molecule has 0 aromatic carbocycles. The minimum Gasteiger partial charge on any atom is -0.379 e. The van der Waals surface area contributed by atoms with Gasteiger partial charge >= 0.3 is 0 Å². The first kappa shape index (κ1) is 11.9. The minimum absolute atomic E-state index is 0.730. The summed E-state index contributed by atoms with van der Waals surface area (Å²) in [6, 6.07) is 0. The van der Waals surface area contributed by atoms with Crippen LogP contribution in [0.3, 0.4) is 0 Å². The zero-order valence-electron chi connectivity index (χ0n) is 10.4. The highest BCUT2D eigenvalue weighted by Gasteiger charge is 2.17. The van der Waals surface area contributed by atoms with Crippen LogP contribution in [0.2, 0.25) is 0 Å². The van der Waals surface area contributed by atoms with E-state index in [-0.39, 0.29) is 0 Å². The second-order valence-corrected chi connectivity index (χ2v) is 5.07. The molecular formula is C14H23NO. The number of nitrogens with zero attached hydrogens (tertiary/aromatic N) is 1. The van der Waals surface area contributed by atoms with E-state index in [1.165, 1.54) is 24.8 Å². The van der Waals surface area contributed by atoms with Crippen molar-refractivity contribution in [3.05, 3.63) is 23.8 Å². The van der Waals surface area contributed by atoms with E-state index >= 15 is 0 Å². The molecule has 1 atom stereocenters. The van der Waals surface area contributed by atoms with Gasteiger partial charge in [0.25, 0.3) is 0 Å². The van der Waals surface area contributed by atoms with Gasteiger partial charge in [0.05, 0.1) is 13.2 Å². The number of allylic oxidation sites excluding steroid dienone is 2. The molecule has 2 aliphatic rings. The summed E-state index contributed by atoms with van der Waals surface area (Å²) < 4.78 is 5.36. The maximum Gasteiger partial charge on any atom is 0.0594 e. The first-order valence-electron chi connectivity index (χ1n) is 6.39. The monoisotopic (exact) mass is 221 g/mol. The lowest BCUT2D eigenvalue weighted by molar-refractivity contribution is 0.0417. The van der Waals surface area contributed by atoms with E-state index < -0.39 is 0 Å². The third-order valence-corrected chi connectivity index (χ3v) is 3.73. The minimum atomic E-state index is 0.730. The SMILES string of the molecule is C=C(C)[C@H]1CC=C(CN2CCOCC2)CC1. The summed E-state index contributed by atoms with van der Waals surface area (Å²) in [7, 11) is 0. The predicted octanol–water partition coefficient (Wildman–Crippen LogP) is 2.62. The molecule has 0 aromatic heterocycles. The van der Waals surface area contributed by atoms with E-state index in [4.69, 9.17) is 4.74 Å². The molecule has 0 bridgehead atoms. The maximum atomic E-state index is 5.36. The average molecular weight is 221 g/mol. The Bertz CT molecular complexity index is 276. The van der Waals surface area contributed by atoms with Gasteiger partial charge in [0.1, 0.15) is 0 Å². The lowest BCUT2D eigenvalue weighted by atomic mass is 9.85. The van der Waals surface area contributed by atoms with Crippen LogP contribution in [0.4, 0.5) is 0 Å². The molecule has 1 aliphatic carbocycles. The zero-order chi connectivity index (χ0) is 11.4. The molecule has 1 heterocycles. The Morgan fingerprint density at radius 1 is 1.50 bits per heavy atom. The van der Waals surface area contributed by atoms with Gasteiger partial charge in [0, 0.05) is 19.6 Å². The first-order chi connectivity index (χ1) is 7.75. The van der Waals surface area contributed by atoms with Crippen molar-refractivity contribution in [1.82, 2.24) is 4.90 Å². The number of hydrogen-bond acceptors (Lipinski definition) is 2. The fourth-order valence-electron chi connectivity index (χ4n) is 2.53. The van der Waals surface area contributed by atoms with Crippen molar-refractivity contribution in [2.75, 3.05) is 32.8 Å². The summed E-state index contributed by atoms with van der Waals surface area (Å²) >= 11 is 0. The summed E-state index contributed by atoms with van der Waals surface area (Å²) in [5.41, 5.74) is 2.97. The van der Waals surface area contributed by atoms with Crippen molar-refractivity contribution < 1.29 is 4.74 Å². The Labute approximate surface area is 99.0 Å².